The van der Waals surface area contributed by atoms with Gasteiger partial charge in [-0.25, -0.2) is 0 Å². The highest BCUT2D eigenvalue weighted by Crippen LogP contribution is 2.46. The Balaban J connectivity index is 1.67. The molecule has 33 heavy (non-hydrogen) atoms. The molecule has 3 aromatic rings. The maximum absolute atomic E-state index is 13.2. The molecule has 0 fully saturated rings. The van der Waals surface area contributed by atoms with Crippen molar-refractivity contribution in [2.45, 2.75) is 32.1 Å². The lowest BCUT2D eigenvalue weighted by Crippen LogP contribution is -2.39. The van der Waals surface area contributed by atoms with Crippen molar-refractivity contribution in [3.8, 4) is 17.3 Å². The number of carbonyl (C=O) groups excluding carboxylic acids is 1. The Hall–Kier alpha value is -3.82. The Kier molecular flexibility index (Phi) is 5.27. The summed E-state index contributed by atoms with van der Waals surface area (Å²) in [5.74, 6) is 0.456. The second-order valence-corrected chi connectivity index (χ2v) is 8.76. The summed E-state index contributed by atoms with van der Waals surface area (Å²) in [4.78, 5) is 15.0. The maximum atomic E-state index is 13.2. The van der Waals surface area contributed by atoms with Crippen molar-refractivity contribution in [2.75, 3.05) is 4.90 Å². The van der Waals surface area contributed by atoms with Gasteiger partial charge >= 0.3 is 0 Å². The maximum Gasteiger partial charge on any atom is 0.161 e. The Morgan fingerprint density at radius 2 is 1.94 bits per heavy atom. The molecule has 5 rings (SSSR count). The van der Waals surface area contributed by atoms with E-state index in [-0.39, 0.29) is 5.78 Å². The number of hydrogen-bond donors (Lipinski definition) is 2. The lowest BCUT2D eigenvalue weighted by molar-refractivity contribution is -0.116. The molecule has 0 amide bonds. The first-order valence-electron chi connectivity index (χ1n) is 10.8. The summed E-state index contributed by atoms with van der Waals surface area (Å²) in [6, 6.07) is 19.5. The van der Waals surface area contributed by atoms with Gasteiger partial charge in [0.25, 0.3) is 0 Å². The van der Waals surface area contributed by atoms with Gasteiger partial charge in [-0.1, -0.05) is 48.0 Å². The van der Waals surface area contributed by atoms with E-state index in [4.69, 9.17) is 17.3 Å². The van der Waals surface area contributed by atoms with E-state index in [0.29, 0.717) is 40.6 Å². The van der Waals surface area contributed by atoms with Crippen molar-refractivity contribution < 1.29 is 4.79 Å². The Bertz CT molecular complexity index is 1360. The van der Waals surface area contributed by atoms with E-state index in [1.807, 2.05) is 61.5 Å². The number of halogens is 1. The zero-order valence-electron chi connectivity index (χ0n) is 18.1. The molecule has 0 radical (unpaired) electrons. The summed E-state index contributed by atoms with van der Waals surface area (Å²) in [5, 5.41) is 18.3. The number of nitrogens with zero attached hydrogens (tertiary/aromatic N) is 3. The van der Waals surface area contributed by atoms with Gasteiger partial charge in [0, 0.05) is 28.8 Å². The fourth-order valence-electron chi connectivity index (χ4n) is 4.77. The van der Waals surface area contributed by atoms with E-state index in [1.165, 1.54) is 0 Å². The van der Waals surface area contributed by atoms with Crippen LogP contribution >= 0.6 is 11.6 Å². The lowest BCUT2D eigenvalue weighted by Gasteiger charge is -2.38. The molecule has 2 aromatic carbocycles. The number of carbonyl (C=O) groups is 1. The van der Waals surface area contributed by atoms with Crippen LogP contribution in [-0.2, 0) is 4.79 Å². The zero-order chi connectivity index (χ0) is 23.1. The minimum absolute atomic E-state index is 0.0585. The van der Waals surface area contributed by atoms with Gasteiger partial charge < -0.3 is 5.73 Å². The van der Waals surface area contributed by atoms with Crippen molar-refractivity contribution >= 4 is 23.2 Å². The predicted octanol–water partition coefficient (Wildman–Crippen LogP) is 5.34. The summed E-state index contributed by atoms with van der Waals surface area (Å²) in [6.07, 6.45) is 1.88. The van der Waals surface area contributed by atoms with Crippen LogP contribution in [0.4, 0.5) is 5.82 Å². The number of aromatic amines is 1. The van der Waals surface area contributed by atoms with Crippen molar-refractivity contribution in [3.63, 3.8) is 0 Å². The van der Waals surface area contributed by atoms with Gasteiger partial charge in [-0.05, 0) is 48.6 Å². The van der Waals surface area contributed by atoms with E-state index >= 15 is 0 Å². The summed E-state index contributed by atoms with van der Waals surface area (Å²) < 4.78 is 0. The number of anilines is 1. The first-order chi connectivity index (χ1) is 16.0. The SMILES string of the molecule is Cc1ccccc1C1C(C#N)=C(N)N(c2cc(-c3ccc(Cl)cc3)[nH]n2)C2=C1C(=O)CCC2. The molecule has 1 atom stereocenters. The van der Waals surface area contributed by atoms with Crippen LogP contribution in [0.15, 0.2) is 77.3 Å². The van der Waals surface area contributed by atoms with Crippen molar-refractivity contribution in [1.82, 2.24) is 10.2 Å². The normalized spacial score (nSPS) is 18.4. The topological polar surface area (TPSA) is 98.8 Å². The molecule has 7 heteroatoms. The number of Topliss-reactive ketones (excluding diaryl/α,β-unsaturated/α-hetero) is 1. The molecule has 164 valence electrons. The molecule has 1 aromatic heterocycles. The molecule has 2 heterocycles. The number of ketones is 1. The third-order valence-electron chi connectivity index (χ3n) is 6.36. The number of H-pyrrole nitrogens is 1. The minimum Gasteiger partial charge on any atom is -0.384 e. The molecular formula is C26H22ClN5O. The Morgan fingerprint density at radius 1 is 1.18 bits per heavy atom. The van der Waals surface area contributed by atoms with Gasteiger partial charge in [-0.15, -0.1) is 0 Å². The number of aryl methyl sites for hydroxylation is 1. The average molecular weight is 456 g/mol. The third kappa shape index (κ3) is 3.51. The van der Waals surface area contributed by atoms with Crippen LogP contribution in [0.3, 0.4) is 0 Å². The molecule has 1 unspecified atom stereocenters. The first-order valence-corrected chi connectivity index (χ1v) is 11.2. The number of aromatic nitrogens is 2. The van der Waals surface area contributed by atoms with Crippen LogP contribution in [-0.4, -0.2) is 16.0 Å². The summed E-state index contributed by atoms with van der Waals surface area (Å²) in [6.45, 7) is 1.99. The summed E-state index contributed by atoms with van der Waals surface area (Å²) >= 11 is 6.02. The van der Waals surface area contributed by atoms with Crippen LogP contribution in [0.1, 0.15) is 36.3 Å². The van der Waals surface area contributed by atoms with Crippen molar-refractivity contribution in [2.24, 2.45) is 5.73 Å². The molecule has 3 N–H and O–H groups in total. The number of nitriles is 1. The number of allylic oxidation sites excluding steroid dienone is 3. The quantitative estimate of drug-likeness (QED) is 0.555. The number of nitrogens with one attached hydrogen (secondary N) is 1. The Morgan fingerprint density at radius 3 is 2.67 bits per heavy atom. The zero-order valence-corrected chi connectivity index (χ0v) is 18.9. The van der Waals surface area contributed by atoms with Crippen molar-refractivity contribution in [3.05, 3.63) is 93.4 Å². The predicted molar refractivity (Wildman–Crippen MR) is 128 cm³/mol. The van der Waals surface area contributed by atoms with Gasteiger partial charge in [0.05, 0.1) is 23.3 Å². The Labute approximate surface area is 197 Å². The molecule has 0 saturated carbocycles. The summed E-state index contributed by atoms with van der Waals surface area (Å²) in [5.41, 5.74) is 12.1. The monoisotopic (exact) mass is 455 g/mol. The number of hydrogen-bond acceptors (Lipinski definition) is 5. The highest BCUT2D eigenvalue weighted by atomic mass is 35.5. The highest BCUT2D eigenvalue weighted by molar-refractivity contribution is 6.30. The standard InChI is InChI=1S/C26H22ClN5O/c1-15-5-2-3-6-18(15)24-19(14-28)26(29)32(21-7-4-8-22(33)25(21)24)23-13-20(30-31-23)16-9-11-17(27)12-10-16/h2-3,5-6,9-13,24H,4,7-8,29H2,1H3,(H,30,31). The average Bonchev–Trinajstić information content (AvgIpc) is 3.29. The molecule has 1 aliphatic carbocycles. The highest BCUT2D eigenvalue weighted by Gasteiger charge is 2.41. The number of nitrogens with two attached hydrogens (primary N) is 1. The summed E-state index contributed by atoms with van der Waals surface area (Å²) in [7, 11) is 0. The van der Waals surface area contributed by atoms with Crippen LogP contribution in [0.25, 0.3) is 11.3 Å². The fourth-order valence-corrected chi connectivity index (χ4v) is 4.90. The van der Waals surface area contributed by atoms with Gasteiger partial charge in [0.2, 0.25) is 0 Å². The van der Waals surface area contributed by atoms with E-state index in [2.05, 4.69) is 16.3 Å². The van der Waals surface area contributed by atoms with Crippen molar-refractivity contribution in [1.29, 1.82) is 5.26 Å². The first kappa shape index (κ1) is 21.0. The van der Waals surface area contributed by atoms with Gasteiger partial charge in [-0.2, -0.15) is 10.4 Å². The second-order valence-electron chi connectivity index (χ2n) is 8.32. The van der Waals surface area contributed by atoms with Gasteiger partial charge in [0.1, 0.15) is 5.82 Å². The second kappa shape index (κ2) is 8.27. The molecule has 2 aliphatic rings. The van der Waals surface area contributed by atoms with E-state index in [0.717, 1.165) is 34.5 Å². The molecule has 0 saturated heterocycles. The largest absolute Gasteiger partial charge is 0.384 e. The van der Waals surface area contributed by atoms with Crippen LogP contribution < -0.4 is 10.6 Å². The van der Waals surface area contributed by atoms with Crippen LogP contribution in [0.5, 0.6) is 0 Å². The molecule has 0 bridgehead atoms. The van der Waals surface area contributed by atoms with Gasteiger partial charge in [-0.3, -0.25) is 14.8 Å². The van der Waals surface area contributed by atoms with Crippen LogP contribution in [0.2, 0.25) is 5.02 Å². The van der Waals surface area contributed by atoms with E-state index in [1.54, 1.807) is 4.90 Å². The lowest BCUT2D eigenvalue weighted by atomic mass is 9.74. The molecule has 0 spiro atoms. The molecular weight excluding hydrogens is 434 g/mol. The number of rotatable bonds is 3. The smallest absolute Gasteiger partial charge is 0.161 e. The molecule has 1 aliphatic heterocycles. The number of benzene rings is 2. The van der Waals surface area contributed by atoms with Crippen LogP contribution in [0, 0.1) is 18.3 Å². The van der Waals surface area contributed by atoms with Gasteiger partial charge in [0.15, 0.2) is 11.6 Å². The van der Waals surface area contributed by atoms with E-state index in [9.17, 15) is 10.1 Å². The minimum atomic E-state index is -0.468. The third-order valence-corrected chi connectivity index (χ3v) is 6.61. The van der Waals surface area contributed by atoms with E-state index < -0.39 is 5.92 Å². The molecule has 6 nitrogen and oxygen atoms in total. The fraction of sp³-hybridized carbons (Fsp3) is 0.192.